The first-order valence-corrected chi connectivity index (χ1v) is 13.9. The highest BCUT2D eigenvalue weighted by molar-refractivity contribution is 5.91. The van der Waals surface area contributed by atoms with Gasteiger partial charge in [-0.2, -0.15) is 0 Å². The Bertz CT molecular complexity index is 1560. The summed E-state index contributed by atoms with van der Waals surface area (Å²) in [6.45, 7) is -1.20. The van der Waals surface area contributed by atoms with Crippen molar-refractivity contribution >= 4 is 11.0 Å². The average molecular weight is 637 g/mol. The van der Waals surface area contributed by atoms with Gasteiger partial charge in [0.25, 0.3) is 0 Å². The molecule has 3 aliphatic heterocycles. The summed E-state index contributed by atoms with van der Waals surface area (Å²) in [6.07, 6.45) is -14.2. The van der Waals surface area contributed by atoms with Crippen molar-refractivity contribution in [3.05, 3.63) is 46.8 Å². The van der Waals surface area contributed by atoms with Crippen molar-refractivity contribution in [2.45, 2.75) is 61.4 Å². The zero-order chi connectivity index (χ0) is 32.0. The molecule has 4 heterocycles. The number of hydrogen-bond donors (Lipinski definition) is 7. The zero-order valence-corrected chi connectivity index (χ0v) is 23.7. The van der Waals surface area contributed by atoms with Crippen LogP contribution in [0, 0.1) is 0 Å². The largest absolute Gasteiger partial charge is 0.492 e. The number of ether oxygens (including phenoxy) is 7. The van der Waals surface area contributed by atoms with Crippen molar-refractivity contribution in [1.29, 1.82) is 0 Å². The van der Waals surface area contributed by atoms with E-state index >= 15 is 0 Å². The first kappa shape index (κ1) is 31.4. The molecule has 1 aromatic heterocycles. The van der Waals surface area contributed by atoms with Crippen molar-refractivity contribution in [2.24, 2.45) is 0 Å². The lowest BCUT2D eigenvalue weighted by Gasteiger charge is -2.42. The van der Waals surface area contributed by atoms with Gasteiger partial charge in [0.15, 0.2) is 17.8 Å². The summed E-state index contributed by atoms with van der Waals surface area (Å²) in [6, 6.07) is 7.65. The molecule has 0 amide bonds. The number of rotatable bonds is 8. The first-order chi connectivity index (χ1) is 21.6. The van der Waals surface area contributed by atoms with Gasteiger partial charge >= 0.3 is 0 Å². The van der Waals surface area contributed by atoms with Crippen molar-refractivity contribution in [2.75, 3.05) is 27.1 Å². The van der Waals surface area contributed by atoms with Crippen LogP contribution in [-0.2, 0) is 14.2 Å². The number of aliphatic hydroxyl groups excluding tert-OH is 7. The number of methoxy groups -OCH3 is 1. The molecule has 16 nitrogen and oxygen atoms in total. The Hall–Kier alpha value is -3.55. The summed E-state index contributed by atoms with van der Waals surface area (Å²) in [4.78, 5) is 13.5. The summed E-state index contributed by atoms with van der Waals surface area (Å²) in [5.74, 6) is 1.05. The fourth-order valence-corrected chi connectivity index (χ4v) is 5.40. The van der Waals surface area contributed by atoms with Crippen LogP contribution in [0.2, 0.25) is 0 Å². The van der Waals surface area contributed by atoms with Crippen molar-refractivity contribution in [1.82, 2.24) is 0 Å². The van der Waals surface area contributed by atoms with E-state index in [0.29, 0.717) is 17.1 Å². The van der Waals surface area contributed by atoms with E-state index < -0.39 is 74.6 Å². The van der Waals surface area contributed by atoms with E-state index in [-0.39, 0.29) is 40.3 Å². The molecular weight excluding hydrogens is 604 g/mol. The second kappa shape index (κ2) is 12.7. The van der Waals surface area contributed by atoms with Crippen LogP contribution in [0.4, 0.5) is 0 Å². The average Bonchev–Trinajstić information content (AvgIpc) is 3.52. The quantitative estimate of drug-likeness (QED) is 0.144. The molecule has 0 bridgehead atoms. The number of hydrogen-bond acceptors (Lipinski definition) is 16. The van der Waals surface area contributed by atoms with Crippen LogP contribution in [0.1, 0.15) is 0 Å². The lowest BCUT2D eigenvalue weighted by molar-refractivity contribution is -0.323. The molecule has 10 atom stereocenters. The van der Waals surface area contributed by atoms with Crippen LogP contribution in [-0.4, -0.2) is 124 Å². The number of fused-ring (bicyclic) bond motifs is 2. The van der Waals surface area contributed by atoms with Gasteiger partial charge in [-0.3, -0.25) is 4.79 Å². The van der Waals surface area contributed by atoms with Crippen molar-refractivity contribution in [3.8, 4) is 34.1 Å². The zero-order valence-electron chi connectivity index (χ0n) is 23.7. The maximum absolute atomic E-state index is 13.5. The van der Waals surface area contributed by atoms with Gasteiger partial charge in [0.05, 0.1) is 25.9 Å². The van der Waals surface area contributed by atoms with Crippen LogP contribution in [0.15, 0.2) is 45.8 Å². The third-order valence-corrected chi connectivity index (χ3v) is 7.92. The van der Waals surface area contributed by atoms with E-state index in [9.17, 15) is 40.5 Å². The standard InChI is InChI=1S/C29H32O16/c1-38-27-18-14(6-15-26(27)42-10-41-15)39-8-13(19(18)31)11-2-4-12(5-3-11)43-29-25(37)23(35)21(33)17(45-29)9-40-28-24(36)22(34)20(32)16(7-30)44-28/h2-6,8,16-17,20-25,28-30,32-37H,7,9-10H2,1H3/t16-,17-,20+,21+,22+,23+,24+,25-,28-,29+/m0/s1. The molecule has 6 rings (SSSR count). The highest BCUT2D eigenvalue weighted by Gasteiger charge is 2.48. The molecule has 3 aromatic rings. The van der Waals surface area contributed by atoms with Crippen molar-refractivity contribution < 1.29 is 73.3 Å². The number of benzene rings is 2. The van der Waals surface area contributed by atoms with Crippen LogP contribution >= 0.6 is 0 Å². The van der Waals surface area contributed by atoms with E-state index in [4.69, 9.17) is 37.6 Å². The summed E-state index contributed by atoms with van der Waals surface area (Å²) in [7, 11) is 1.40. The van der Waals surface area contributed by atoms with E-state index in [1.54, 1.807) is 18.2 Å². The molecule has 3 aliphatic rings. The second-order valence-corrected chi connectivity index (χ2v) is 10.7. The van der Waals surface area contributed by atoms with Gasteiger partial charge in [0.2, 0.25) is 24.3 Å². The Balaban J connectivity index is 1.16. The van der Waals surface area contributed by atoms with E-state index in [1.165, 1.54) is 25.5 Å². The van der Waals surface area contributed by atoms with Crippen LogP contribution in [0.5, 0.6) is 23.0 Å². The van der Waals surface area contributed by atoms with Crippen LogP contribution < -0.4 is 24.4 Å². The summed E-state index contributed by atoms with van der Waals surface area (Å²) in [5.41, 5.74) is 0.540. The molecule has 244 valence electrons. The second-order valence-electron chi connectivity index (χ2n) is 10.7. The Morgan fingerprint density at radius 2 is 1.51 bits per heavy atom. The summed E-state index contributed by atoms with van der Waals surface area (Å²) in [5, 5.41) is 71.1. The molecule has 2 aromatic carbocycles. The molecule has 0 spiro atoms. The fourth-order valence-electron chi connectivity index (χ4n) is 5.40. The minimum atomic E-state index is -1.72. The molecule has 0 radical (unpaired) electrons. The van der Waals surface area contributed by atoms with Gasteiger partial charge in [-0.1, -0.05) is 12.1 Å². The predicted octanol–water partition coefficient (Wildman–Crippen LogP) is -1.80. The highest BCUT2D eigenvalue weighted by atomic mass is 16.7. The van der Waals surface area contributed by atoms with E-state index in [2.05, 4.69) is 0 Å². The third kappa shape index (κ3) is 5.70. The fraction of sp³-hybridized carbons (Fsp3) is 0.483. The van der Waals surface area contributed by atoms with E-state index in [0.717, 1.165) is 0 Å². The molecular formula is C29H32O16. The van der Waals surface area contributed by atoms with Gasteiger partial charge in [0, 0.05) is 6.07 Å². The highest BCUT2D eigenvalue weighted by Crippen LogP contribution is 2.45. The maximum atomic E-state index is 13.5. The van der Waals surface area contributed by atoms with Crippen LogP contribution in [0.3, 0.4) is 0 Å². The minimum absolute atomic E-state index is 0.0219. The van der Waals surface area contributed by atoms with Gasteiger partial charge in [-0.25, -0.2) is 0 Å². The Morgan fingerprint density at radius 1 is 0.844 bits per heavy atom. The summed E-state index contributed by atoms with van der Waals surface area (Å²) >= 11 is 0. The Labute approximate surface area is 254 Å². The molecule has 16 heteroatoms. The van der Waals surface area contributed by atoms with Crippen LogP contribution in [0.25, 0.3) is 22.1 Å². The third-order valence-electron chi connectivity index (χ3n) is 7.92. The summed E-state index contributed by atoms with van der Waals surface area (Å²) < 4.78 is 44.1. The number of aliphatic hydroxyl groups is 7. The monoisotopic (exact) mass is 636 g/mol. The molecule has 0 saturated carbocycles. The molecule has 7 N–H and O–H groups in total. The Morgan fingerprint density at radius 3 is 2.20 bits per heavy atom. The molecule has 2 saturated heterocycles. The van der Waals surface area contributed by atoms with Crippen molar-refractivity contribution in [3.63, 3.8) is 0 Å². The minimum Gasteiger partial charge on any atom is -0.492 e. The van der Waals surface area contributed by atoms with Gasteiger partial charge < -0.3 is 73.3 Å². The lowest BCUT2D eigenvalue weighted by atomic mass is 9.98. The molecule has 45 heavy (non-hydrogen) atoms. The molecule has 2 fully saturated rings. The van der Waals surface area contributed by atoms with E-state index in [1.807, 2.05) is 0 Å². The van der Waals surface area contributed by atoms with Gasteiger partial charge in [-0.05, 0) is 17.7 Å². The Kier molecular flexibility index (Phi) is 8.86. The van der Waals surface area contributed by atoms with Gasteiger partial charge in [0.1, 0.15) is 71.8 Å². The normalized spacial score (nSPS) is 32.9. The smallest absolute Gasteiger partial charge is 0.231 e. The molecule has 0 aliphatic carbocycles. The molecule has 0 unspecified atom stereocenters. The topological polar surface area (TPSA) is 236 Å². The predicted molar refractivity (Wildman–Crippen MR) is 148 cm³/mol. The SMILES string of the molecule is COc1c2c(cc3occ(-c4ccc(O[C@@H]5O[C@@H](CO[C@H]6O[C@@H](CO)[C@@H](O)[C@@H](O)[C@H]6O)[C@@H](O)[C@@H](O)[C@@H]5O)cc4)c(=O)c13)OCO2. The van der Waals surface area contributed by atoms with Gasteiger partial charge in [-0.15, -0.1) is 0 Å². The lowest BCUT2D eigenvalue weighted by Crippen LogP contribution is -2.62. The maximum Gasteiger partial charge on any atom is 0.231 e. The first-order valence-electron chi connectivity index (χ1n) is 13.9.